The molecule has 0 aliphatic carbocycles. The van der Waals surface area contributed by atoms with E-state index in [4.69, 9.17) is 5.73 Å². The van der Waals surface area contributed by atoms with Gasteiger partial charge in [-0.1, -0.05) is 6.07 Å². The minimum Gasteiger partial charge on any atom is -0.378 e. The lowest BCUT2D eigenvalue weighted by atomic mass is 9.78. The van der Waals surface area contributed by atoms with E-state index in [1.165, 1.54) is 19.0 Å². The highest BCUT2D eigenvalue weighted by Crippen LogP contribution is 2.37. The molecule has 3 nitrogen and oxygen atoms in total. The maximum atomic E-state index is 13.3. The maximum absolute atomic E-state index is 13.3. The third kappa shape index (κ3) is 1.99. The Hall–Kier alpha value is -1.13. The standard InChI is InChI=1S/C14H20FN3/c15-12-2-1-3-13(8-12)17-14(10-16)5-7-18-6-4-11(14)9-18/h1-3,8,11,17H,4-7,9-10,16H2. The van der Waals surface area contributed by atoms with Gasteiger partial charge in [-0.3, -0.25) is 0 Å². The van der Waals surface area contributed by atoms with Crippen LogP contribution in [-0.4, -0.2) is 36.6 Å². The Kier molecular flexibility index (Phi) is 2.99. The van der Waals surface area contributed by atoms with E-state index in [9.17, 15) is 4.39 Å². The van der Waals surface area contributed by atoms with Crippen molar-refractivity contribution in [1.82, 2.24) is 4.90 Å². The number of piperidine rings is 1. The molecule has 3 atom stereocenters. The minimum absolute atomic E-state index is 0.0548. The lowest BCUT2D eigenvalue weighted by Gasteiger charge is -2.43. The van der Waals surface area contributed by atoms with E-state index in [-0.39, 0.29) is 11.4 Å². The van der Waals surface area contributed by atoms with Crippen LogP contribution >= 0.6 is 0 Å². The predicted molar refractivity (Wildman–Crippen MR) is 71.0 cm³/mol. The summed E-state index contributed by atoms with van der Waals surface area (Å²) in [5.74, 6) is 0.385. The van der Waals surface area contributed by atoms with Crippen LogP contribution in [0.2, 0.25) is 0 Å². The van der Waals surface area contributed by atoms with Crippen LogP contribution in [0.25, 0.3) is 0 Å². The second-order valence-electron chi connectivity index (χ2n) is 5.53. The molecule has 2 bridgehead atoms. The van der Waals surface area contributed by atoms with Crippen molar-refractivity contribution in [3.05, 3.63) is 30.1 Å². The number of anilines is 1. The monoisotopic (exact) mass is 249 g/mol. The first-order valence-electron chi connectivity index (χ1n) is 6.68. The zero-order valence-corrected chi connectivity index (χ0v) is 10.5. The van der Waals surface area contributed by atoms with Gasteiger partial charge < -0.3 is 16.0 Å². The summed E-state index contributed by atoms with van der Waals surface area (Å²) in [5, 5.41) is 3.52. The number of benzene rings is 1. The molecular formula is C14H20FN3. The average Bonchev–Trinajstić information content (AvgIpc) is 2.78. The third-order valence-corrected chi connectivity index (χ3v) is 4.51. The molecular weight excluding hydrogens is 229 g/mol. The Morgan fingerprint density at radius 3 is 3.11 bits per heavy atom. The van der Waals surface area contributed by atoms with Gasteiger partial charge >= 0.3 is 0 Å². The number of fused-ring (bicyclic) bond motifs is 2. The van der Waals surface area contributed by atoms with Crippen LogP contribution in [0.5, 0.6) is 0 Å². The Morgan fingerprint density at radius 1 is 1.44 bits per heavy atom. The summed E-state index contributed by atoms with van der Waals surface area (Å²) in [7, 11) is 0. The van der Waals surface area contributed by atoms with E-state index in [2.05, 4.69) is 10.2 Å². The van der Waals surface area contributed by atoms with Crippen molar-refractivity contribution in [2.45, 2.75) is 18.4 Å². The van der Waals surface area contributed by atoms with E-state index in [1.807, 2.05) is 6.07 Å². The van der Waals surface area contributed by atoms with Crippen LogP contribution in [0.3, 0.4) is 0 Å². The normalized spacial score (nSPS) is 34.6. The molecule has 3 N–H and O–H groups in total. The quantitative estimate of drug-likeness (QED) is 0.856. The van der Waals surface area contributed by atoms with Crippen molar-refractivity contribution in [2.24, 2.45) is 11.7 Å². The summed E-state index contributed by atoms with van der Waals surface area (Å²) >= 11 is 0. The van der Waals surface area contributed by atoms with Gasteiger partial charge in [-0.15, -0.1) is 0 Å². The van der Waals surface area contributed by atoms with Crippen molar-refractivity contribution in [3.8, 4) is 0 Å². The summed E-state index contributed by atoms with van der Waals surface area (Å²) in [6, 6.07) is 6.69. The molecule has 0 spiro atoms. The van der Waals surface area contributed by atoms with Gasteiger partial charge in [0.05, 0.1) is 5.54 Å². The van der Waals surface area contributed by atoms with Gasteiger partial charge in [0.2, 0.25) is 0 Å². The minimum atomic E-state index is -0.198. The van der Waals surface area contributed by atoms with Gasteiger partial charge in [0.15, 0.2) is 0 Å². The van der Waals surface area contributed by atoms with E-state index >= 15 is 0 Å². The molecule has 1 aromatic rings. The van der Waals surface area contributed by atoms with Gasteiger partial charge in [0.25, 0.3) is 0 Å². The summed E-state index contributed by atoms with van der Waals surface area (Å²) in [6.45, 7) is 4.01. The zero-order chi connectivity index (χ0) is 12.6. The summed E-state index contributed by atoms with van der Waals surface area (Å²) in [5.41, 5.74) is 6.83. The average molecular weight is 249 g/mol. The molecule has 18 heavy (non-hydrogen) atoms. The molecule has 2 aliphatic rings. The number of nitrogens with one attached hydrogen (secondary N) is 1. The molecule has 0 saturated carbocycles. The maximum Gasteiger partial charge on any atom is 0.125 e. The van der Waals surface area contributed by atoms with Gasteiger partial charge in [-0.25, -0.2) is 4.39 Å². The summed E-state index contributed by atoms with van der Waals surface area (Å²) < 4.78 is 13.3. The van der Waals surface area contributed by atoms with Crippen molar-refractivity contribution in [2.75, 3.05) is 31.5 Å². The van der Waals surface area contributed by atoms with E-state index in [0.29, 0.717) is 12.5 Å². The molecule has 1 aromatic carbocycles. The second kappa shape index (κ2) is 4.52. The number of halogens is 1. The van der Waals surface area contributed by atoms with Crippen LogP contribution in [0.4, 0.5) is 10.1 Å². The molecule has 2 saturated heterocycles. The van der Waals surface area contributed by atoms with Crippen LogP contribution in [0, 0.1) is 11.7 Å². The van der Waals surface area contributed by atoms with E-state index < -0.39 is 0 Å². The Morgan fingerprint density at radius 2 is 2.33 bits per heavy atom. The van der Waals surface area contributed by atoms with Gasteiger partial charge in [-0.2, -0.15) is 0 Å². The number of hydrogen-bond donors (Lipinski definition) is 2. The Labute approximate surface area is 107 Å². The highest BCUT2D eigenvalue weighted by atomic mass is 19.1. The topological polar surface area (TPSA) is 41.3 Å². The van der Waals surface area contributed by atoms with E-state index in [1.54, 1.807) is 12.1 Å². The van der Waals surface area contributed by atoms with Gasteiger partial charge in [0, 0.05) is 25.3 Å². The van der Waals surface area contributed by atoms with Crippen molar-refractivity contribution in [3.63, 3.8) is 0 Å². The van der Waals surface area contributed by atoms with Gasteiger partial charge in [-0.05, 0) is 43.5 Å². The molecule has 3 unspecified atom stereocenters. The molecule has 3 rings (SSSR count). The predicted octanol–water partition coefficient (Wildman–Crippen LogP) is 1.66. The molecule has 0 radical (unpaired) electrons. The van der Waals surface area contributed by atoms with Crippen molar-refractivity contribution < 1.29 is 4.39 Å². The summed E-state index contributed by atoms with van der Waals surface area (Å²) in [4.78, 5) is 2.49. The fraction of sp³-hybridized carbons (Fsp3) is 0.571. The lowest BCUT2D eigenvalue weighted by molar-refractivity contribution is 0.190. The SMILES string of the molecule is NCC1(Nc2cccc(F)c2)CCN2CCC1C2. The molecule has 2 aliphatic heterocycles. The smallest absolute Gasteiger partial charge is 0.125 e. The first kappa shape index (κ1) is 11.9. The highest BCUT2D eigenvalue weighted by molar-refractivity contribution is 5.46. The molecule has 2 fully saturated rings. The van der Waals surface area contributed by atoms with Crippen LogP contribution in [0.15, 0.2) is 24.3 Å². The van der Waals surface area contributed by atoms with Crippen molar-refractivity contribution >= 4 is 5.69 Å². The van der Waals surface area contributed by atoms with Crippen molar-refractivity contribution in [1.29, 1.82) is 0 Å². The fourth-order valence-corrected chi connectivity index (χ4v) is 3.39. The van der Waals surface area contributed by atoms with Crippen LogP contribution in [0.1, 0.15) is 12.8 Å². The second-order valence-corrected chi connectivity index (χ2v) is 5.53. The summed E-state index contributed by atoms with van der Waals surface area (Å²) in [6.07, 6.45) is 2.24. The molecule has 0 amide bonds. The molecule has 4 heteroatoms. The Balaban J connectivity index is 1.83. The number of nitrogens with two attached hydrogens (primary N) is 1. The van der Waals surface area contributed by atoms with Crippen LogP contribution < -0.4 is 11.1 Å². The largest absolute Gasteiger partial charge is 0.378 e. The van der Waals surface area contributed by atoms with Crippen LogP contribution in [-0.2, 0) is 0 Å². The molecule has 98 valence electrons. The molecule has 0 aromatic heterocycles. The number of rotatable bonds is 3. The Bertz CT molecular complexity index is 437. The fourth-order valence-electron chi connectivity index (χ4n) is 3.39. The lowest BCUT2D eigenvalue weighted by Crippen LogP contribution is -2.56. The van der Waals surface area contributed by atoms with Gasteiger partial charge in [0.1, 0.15) is 5.82 Å². The number of nitrogens with zero attached hydrogens (tertiary/aromatic N) is 1. The zero-order valence-electron chi connectivity index (χ0n) is 10.5. The number of hydrogen-bond acceptors (Lipinski definition) is 3. The highest BCUT2D eigenvalue weighted by Gasteiger charge is 2.45. The third-order valence-electron chi connectivity index (χ3n) is 4.51. The molecule has 2 heterocycles. The first-order valence-corrected chi connectivity index (χ1v) is 6.68. The van der Waals surface area contributed by atoms with E-state index in [0.717, 1.165) is 25.2 Å². The first-order chi connectivity index (χ1) is 8.72.